The summed E-state index contributed by atoms with van der Waals surface area (Å²) in [6, 6.07) is 3.60. The van der Waals surface area contributed by atoms with Gasteiger partial charge in [0.25, 0.3) is 0 Å². The maximum absolute atomic E-state index is 13.2. The van der Waals surface area contributed by atoms with Gasteiger partial charge in [-0.05, 0) is 17.7 Å². The van der Waals surface area contributed by atoms with E-state index in [1.54, 1.807) is 0 Å². The molecule has 1 heterocycles. The van der Waals surface area contributed by atoms with Crippen LogP contribution in [0.5, 0.6) is 11.8 Å². The van der Waals surface area contributed by atoms with Crippen molar-refractivity contribution in [3.8, 4) is 11.8 Å². The van der Waals surface area contributed by atoms with Crippen molar-refractivity contribution in [3.63, 3.8) is 0 Å². The third-order valence-corrected chi connectivity index (χ3v) is 3.03. The Balaban J connectivity index is 2.41. The molecule has 0 fully saturated rings. The second-order valence-corrected chi connectivity index (χ2v) is 4.37. The third-order valence-electron chi connectivity index (χ3n) is 2.74. The lowest BCUT2D eigenvalue weighted by Crippen LogP contribution is -2.16. The predicted octanol–water partition coefficient (Wildman–Crippen LogP) is 2.33. The summed E-state index contributed by atoms with van der Waals surface area (Å²) in [5.74, 6) is 0.0580. The van der Waals surface area contributed by atoms with Gasteiger partial charge >= 0.3 is 0 Å². The predicted molar refractivity (Wildman–Crippen MR) is 72.6 cm³/mol. The van der Waals surface area contributed by atoms with E-state index in [4.69, 9.17) is 26.8 Å². The van der Waals surface area contributed by atoms with Crippen LogP contribution in [0.1, 0.15) is 17.3 Å². The second kappa shape index (κ2) is 6.02. The average molecular weight is 298 g/mol. The number of ether oxygens (including phenoxy) is 2. The molecule has 0 saturated carbocycles. The normalized spacial score (nSPS) is 12.1. The van der Waals surface area contributed by atoms with Crippen LogP contribution in [-0.4, -0.2) is 24.2 Å². The summed E-state index contributed by atoms with van der Waals surface area (Å²) in [5, 5.41) is -0.00149. The number of halogens is 2. The molecule has 0 aliphatic carbocycles. The highest BCUT2D eigenvalue weighted by Crippen LogP contribution is 2.28. The van der Waals surface area contributed by atoms with E-state index in [-0.39, 0.29) is 10.9 Å². The van der Waals surface area contributed by atoms with Crippen LogP contribution in [0.3, 0.4) is 0 Å². The quantitative estimate of drug-likeness (QED) is 0.938. The maximum Gasteiger partial charge on any atom is 0.240 e. The van der Waals surface area contributed by atoms with Crippen LogP contribution in [0.15, 0.2) is 24.4 Å². The van der Waals surface area contributed by atoms with Crippen molar-refractivity contribution >= 4 is 11.6 Å². The van der Waals surface area contributed by atoms with E-state index in [1.807, 2.05) is 0 Å². The molecule has 2 rings (SSSR count). The number of hydrogen-bond acceptors (Lipinski definition) is 5. The number of rotatable bonds is 4. The van der Waals surface area contributed by atoms with Crippen molar-refractivity contribution in [2.45, 2.75) is 6.04 Å². The summed E-state index contributed by atoms with van der Waals surface area (Å²) in [6.45, 7) is 0. The highest BCUT2D eigenvalue weighted by Gasteiger charge is 2.19. The molecule has 1 aromatic carbocycles. The molecule has 2 aromatic rings. The molecule has 1 aromatic heterocycles. The van der Waals surface area contributed by atoms with E-state index in [1.165, 1.54) is 38.6 Å². The fourth-order valence-electron chi connectivity index (χ4n) is 1.69. The summed E-state index contributed by atoms with van der Waals surface area (Å²) in [6.07, 6.45) is 1.43. The molecule has 0 spiro atoms. The molecular weight excluding hydrogens is 285 g/mol. The molecule has 1 unspecified atom stereocenters. The Bertz CT molecular complexity index is 625. The van der Waals surface area contributed by atoms with E-state index >= 15 is 0 Å². The molecule has 0 bridgehead atoms. The average Bonchev–Trinajstić information content (AvgIpc) is 2.48. The number of benzene rings is 1. The van der Waals surface area contributed by atoms with Gasteiger partial charge in [0.1, 0.15) is 11.5 Å². The summed E-state index contributed by atoms with van der Waals surface area (Å²) >= 11 is 5.75. The molecular formula is C13H13ClFN3O2. The Hall–Kier alpha value is -1.92. The highest BCUT2D eigenvalue weighted by atomic mass is 35.5. The van der Waals surface area contributed by atoms with Crippen LogP contribution < -0.4 is 15.2 Å². The van der Waals surface area contributed by atoms with E-state index in [0.29, 0.717) is 17.1 Å². The van der Waals surface area contributed by atoms with E-state index in [2.05, 4.69) is 9.97 Å². The Morgan fingerprint density at radius 1 is 1.30 bits per heavy atom. The van der Waals surface area contributed by atoms with Crippen molar-refractivity contribution in [2.75, 3.05) is 14.2 Å². The summed E-state index contributed by atoms with van der Waals surface area (Å²) < 4.78 is 23.3. The van der Waals surface area contributed by atoms with Gasteiger partial charge in [-0.2, -0.15) is 4.98 Å². The van der Waals surface area contributed by atoms with E-state index in [9.17, 15) is 4.39 Å². The lowest BCUT2D eigenvalue weighted by molar-refractivity contribution is 0.355. The fourth-order valence-corrected chi connectivity index (χ4v) is 1.88. The second-order valence-electron chi connectivity index (χ2n) is 3.96. The molecule has 20 heavy (non-hydrogen) atoms. The first-order valence-corrected chi connectivity index (χ1v) is 6.10. The SMILES string of the molecule is COc1cnc(C(N)c2ccc(F)c(Cl)c2)c(OC)n1. The molecule has 0 radical (unpaired) electrons. The number of hydrogen-bond donors (Lipinski definition) is 1. The minimum absolute atomic E-state index is 0.00149. The van der Waals surface area contributed by atoms with Crippen molar-refractivity contribution < 1.29 is 13.9 Å². The van der Waals surface area contributed by atoms with Gasteiger partial charge in [0, 0.05) is 0 Å². The number of nitrogens with zero attached hydrogens (tertiary/aromatic N) is 2. The Morgan fingerprint density at radius 3 is 2.65 bits per heavy atom. The van der Waals surface area contributed by atoms with Crippen LogP contribution in [0, 0.1) is 5.82 Å². The zero-order chi connectivity index (χ0) is 14.7. The maximum atomic E-state index is 13.2. The Labute approximate surface area is 120 Å². The summed E-state index contributed by atoms with van der Waals surface area (Å²) in [7, 11) is 2.93. The standard InChI is InChI=1S/C13H13ClFN3O2/c1-19-10-6-17-12(13(18-10)20-2)11(16)7-3-4-9(15)8(14)5-7/h3-6,11H,16H2,1-2H3. The van der Waals surface area contributed by atoms with Gasteiger partial charge in [0.15, 0.2) is 0 Å². The monoisotopic (exact) mass is 297 g/mol. The third kappa shape index (κ3) is 2.81. The van der Waals surface area contributed by atoms with Crippen LogP contribution >= 0.6 is 11.6 Å². The molecule has 2 N–H and O–H groups in total. The Kier molecular flexibility index (Phi) is 4.36. The largest absolute Gasteiger partial charge is 0.480 e. The Morgan fingerprint density at radius 2 is 2.05 bits per heavy atom. The molecule has 5 nitrogen and oxygen atoms in total. The van der Waals surface area contributed by atoms with Gasteiger partial charge in [0.05, 0.1) is 31.5 Å². The van der Waals surface area contributed by atoms with Crippen LogP contribution in [0.25, 0.3) is 0 Å². The first-order chi connectivity index (χ1) is 9.56. The highest BCUT2D eigenvalue weighted by molar-refractivity contribution is 6.30. The van der Waals surface area contributed by atoms with Gasteiger partial charge in [-0.3, -0.25) is 0 Å². The zero-order valence-corrected chi connectivity index (χ0v) is 11.7. The molecule has 0 aliphatic rings. The molecule has 0 saturated heterocycles. The summed E-state index contributed by atoms with van der Waals surface area (Å²) in [4.78, 5) is 8.28. The minimum Gasteiger partial charge on any atom is -0.480 e. The summed E-state index contributed by atoms with van der Waals surface area (Å²) in [5.41, 5.74) is 7.12. The first kappa shape index (κ1) is 14.5. The van der Waals surface area contributed by atoms with Crippen LogP contribution in [0.4, 0.5) is 4.39 Å². The number of nitrogens with two attached hydrogens (primary N) is 1. The van der Waals surface area contributed by atoms with Gasteiger partial charge < -0.3 is 15.2 Å². The molecule has 106 valence electrons. The molecule has 1 atom stereocenters. The number of methoxy groups -OCH3 is 2. The molecule has 0 aliphatic heterocycles. The van der Waals surface area contributed by atoms with Gasteiger partial charge in [-0.15, -0.1) is 0 Å². The smallest absolute Gasteiger partial charge is 0.240 e. The van der Waals surface area contributed by atoms with E-state index in [0.717, 1.165) is 0 Å². The van der Waals surface area contributed by atoms with Crippen molar-refractivity contribution in [2.24, 2.45) is 5.73 Å². The minimum atomic E-state index is -0.638. The fraction of sp³-hybridized carbons (Fsp3) is 0.231. The van der Waals surface area contributed by atoms with Gasteiger partial charge in [0.2, 0.25) is 11.8 Å². The van der Waals surface area contributed by atoms with Crippen molar-refractivity contribution in [1.29, 1.82) is 0 Å². The van der Waals surface area contributed by atoms with Crippen LogP contribution in [-0.2, 0) is 0 Å². The van der Waals surface area contributed by atoms with Crippen LogP contribution in [0.2, 0.25) is 5.02 Å². The molecule has 7 heteroatoms. The van der Waals surface area contributed by atoms with Crippen molar-refractivity contribution in [3.05, 3.63) is 46.5 Å². The van der Waals surface area contributed by atoms with Crippen molar-refractivity contribution in [1.82, 2.24) is 9.97 Å². The topological polar surface area (TPSA) is 70.3 Å². The lowest BCUT2D eigenvalue weighted by Gasteiger charge is -2.15. The van der Waals surface area contributed by atoms with Gasteiger partial charge in [-0.25, -0.2) is 9.37 Å². The number of aromatic nitrogens is 2. The lowest BCUT2D eigenvalue weighted by atomic mass is 10.0. The van der Waals surface area contributed by atoms with E-state index < -0.39 is 11.9 Å². The molecule has 0 amide bonds. The zero-order valence-electron chi connectivity index (χ0n) is 10.9. The first-order valence-electron chi connectivity index (χ1n) is 5.72. The van der Waals surface area contributed by atoms with Gasteiger partial charge in [-0.1, -0.05) is 17.7 Å².